The van der Waals surface area contributed by atoms with Crippen LogP contribution in [-0.2, 0) is 4.43 Å². The summed E-state index contributed by atoms with van der Waals surface area (Å²) in [6.45, 7) is 16.4. The summed E-state index contributed by atoms with van der Waals surface area (Å²) >= 11 is 0. The van der Waals surface area contributed by atoms with E-state index in [1.807, 2.05) is 0 Å². The van der Waals surface area contributed by atoms with E-state index < -0.39 is 8.32 Å². The van der Waals surface area contributed by atoms with E-state index in [4.69, 9.17) is 10.8 Å². The number of rotatable bonds is 13. The molecule has 1 atom stereocenters. The highest BCUT2D eigenvalue weighted by Gasteiger charge is 2.39. The maximum absolute atomic E-state index is 6.71. The van der Waals surface area contributed by atoms with Gasteiger partial charge in [0.2, 0.25) is 0 Å². The fraction of sp³-hybridized carbons (Fsp3) is 0.909. The first-order chi connectivity index (χ1) is 11.1. The third-order valence-electron chi connectivity index (χ3n) is 5.35. The van der Waals surface area contributed by atoms with Crippen molar-refractivity contribution in [2.45, 2.75) is 123 Å². The average molecular weight is 353 g/mol. The number of terminal acetylenes is 1. The predicted octanol–water partition coefficient (Wildman–Crippen LogP) is 7.57. The molecule has 0 heterocycles. The van der Waals surface area contributed by atoms with Crippen molar-refractivity contribution in [1.82, 2.24) is 0 Å². The number of hydrogen-bond acceptors (Lipinski definition) is 1. The maximum Gasteiger partial charge on any atom is 0.192 e. The molecule has 0 aliphatic heterocycles. The molecule has 0 aromatic heterocycles. The molecule has 0 radical (unpaired) electrons. The van der Waals surface area contributed by atoms with E-state index in [1.54, 1.807) is 0 Å². The summed E-state index contributed by atoms with van der Waals surface area (Å²) in [6.07, 6.45) is 18.4. The summed E-state index contributed by atoms with van der Waals surface area (Å²) in [5.41, 5.74) is 0. The summed E-state index contributed by atoms with van der Waals surface area (Å²) in [7, 11) is -1.64. The van der Waals surface area contributed by atoms with Crippen molar-refractivity contribution in [3.63, 3.8) is 0 Å². The molecule has 0 N–H and O–H groups in total. The monoisotopic (exact) mass is 352 g/mol. The van der Waals surface area contributed by atoms with E-state index in [0.29, 0.717) is 11.1 Å². The van der Waals surface area contributed by atoms with Crippen LogP contribution in [0.3, 0.4) is 0 Å². The van der Waals surface area contributed by atoms with Crippen molar-refractivity contribution >= 4 is 8.32 Å². The molecule has 0 amide bonds. The van der Waals surface area contributed by atoms with Crippen LogP contribution in [0.2, 0.25) is 18.1 Å². The van der Waals surface area contributed by atoms with E-state index in [-0.39, 0.29) is 0 Å². The fourth-order valence-electron chi connectivity index (χ4n) is 2.83. The van der Waals surface area contributed by atoms with Crippen LogP contribution in [0.5, 0.6) is 0 Å². The Morgan fingerprint density at radius 1 is 0.917 bits per heavy atom. The minimum Gasteiger partial charge on any atom is -0.414 e. The van der Waals surface area contributed by atoms with Gasteiger partial charge in [-0.25, -0.2) is 0 Å². The summed E-state index contributed by atoms with van der Waals surface area (Å²) < 4.78 is 6.71. The lowest BCUT2D eigenvalue weighted by Crippen LogP contribution is -2.44. The highest BCUT2D eigenvalue weighted by Crippen LogP contribution is 2.38. The largest absolute Gasteiger partial charge is 0.414 e. The van der Waals surface area contributed by atoms with Crippen LogP contribution in [0.4, 0.5) is 0 Å². The molecule has 1 nitrogen and oxygen atoms in total. The third kappa shape index (κ3) is 11.3. The van der Waals surface area contributed by atoms with E-state index in [9.17, 15) is 0 Å². The smallest absolute Gasteiger partial charge is 0.192 e. The van der Waals surface area contributed by atoms with Crippen LogP contribution >= 0.6 is 0 Å². The number of hydrogen-bond donors (Lipinski definition) is 0. The van der Waals surface area contributed by atoms with Crippen molar-refractivity contribution < 1.29 is 4.43 Å². The maximum atomic E-state index is 6.71. The van der Waals surface area contributed by atoms with Crippen molar-refractivity contribution in [3.05, 3.63) is 0 Å². The highest BCUT2D eigenvalue weighted by molar-refractivity contribution is 6.74. The molecule has 0 aliphatic rings. The molecule has 0 bridgehead atoms. The van der Waals surface area contributed by atoms with Crippen molar-refractivity contribution in [1.29, 1.82) is 0 Å². The van der Waals surface area contributed by atoms with Crippen LogP contribution < -0.4 is 0 Å². The van der Waals surface area contributed by atoms with E-state index in [1.165, 1.54) is 57.8 Å². The Morgan fingerprint density at radius 3 is 1.88 bits per heavy atom. The molecular weight excluding hydrogens is 308 g/mol. The summed E-state index contributed by atoms with van der Waals surface area (Å²) in [4.78, 5) is 0. The summed E-state index contributed by atoms with van der Waals surface area (Å²) in [5.74, 6) is 3.44. The molecular formula is C22H44OSi. The van der Waals surface area contributed by atoms with Crippen LogP contribution in [0.1, 0.15) is 98.8 Å². The Balaban J connectivity index is 4.07. The Kier molecular flexibility index (Phi) is 12.0. The van der Waals surface area contributed by atoms with E-state index >= 15 is 0 Å². The first-order valence-electron chi connectivity index (χ1n) is 10.2. The lowest BCUT2D eigenvalue weighted by Gasteiger charge is -2.40. The SMILES string of the molecule is C#CCCCCCCCCC[C@H](CC(C)C)O[Si](C)(C)C(C)(C)C. The van der Waals surface area contributed by atoms with E-state index in [0.717, 1.165) is 12.3 Å². The van der Waals surface area contributed by atoms with Gasteiger partial charge in [-0.3, -0.25) is 0 Å². The van der Waals surface area contributed by atoms with Gasteiger partial charge in [-0.05, 0) is 43.3 Å². The molecule has 0 aromatic rings. The molecule has 24 heavy (non-hydrogen) atoms. The minimum absolute atomic E-state index is 0.306. The number of unbranched alkanes of at least 4 members (excludes halogenated alkanes) is 7. The zero-order valence-corrected chi connectivity index (χ0v) is 18.7. The quantitative estimate of drug-likeness (QED) is 0.189. The van der Waals surface area contributed by atoms with Gasteiger partial charge in [0.05, 0.1) is 0 Å². The molecule has 0 aromatic carbocycles. The van der Waals surface area contributed by atoms with Gasteiger partial charge >= 0.3 is 0 Å². The lowest BCUT2D eigenvalue weighted by atomic mass is 10.00. The highest BCUT2D eigenvalue weighted by atomic mass is 28.4. The zero-order valence-electron chi connectivity index (χ0n) is 17.7. The van der Waals surface area contributed by atoms with Gasteiger partial charge in [0.25, 0.3) is 0 Å². The van der Waals surface area contributed by atoms with E-state index in [2.05, 4.69) is 53.6 Å². The molecule has 142 valence electrons. The van der Waals surface area contributed by atoms with Crippen LogP contribution in [0, 0.1) is 18.3 Å². The first kappa shape index (κ1) is 23.7. The van der Waals surface area contributed by atoms with Gasteiger partial charge in [-0.1, -0.05) is 73.1 Å². The minimum atomic E-state index is -1.64. The second-order valence-corrected chi connectivity index (χ2v) is 14.1. The molecule has 0 rings (SSSR count). The van der Waals surface area contributed by atoms with Gasteiger partial charge in [0, 0.05) is 12.5 Å². The Bertz CT molecular complexity index is 346. The van der Waals surface area contributed by atoms with Crippen LogP contribution in [-0.4, -0.2) is 14.4 Å². The van der Waals surface area contributed by atoms with Crippen LogP contribution in [0.25, 0.3) is 0 Å². The normalized spacial score (nSPS) is 14.0. The summed E-state index contributed by atoms with van der Waals surface area (Å²) in [6, 6.07) is 0. The summed E-state index contributed by atoms with van der Waals surface area (Å²) in [5, 5.41) is 0.306. The standard InChI is InChI=1S/C22H44OSi/c1-9-10-11-12-13-14-15-16-17-18-21(19-20(2)3)23-24(7,8)22(4,5)6/h1,20-21H,10-19H2,2-8H3/t21-/m1/s1. The molecule has 0 saturated heterocycles. The third-order valence-corrected chi connectivity index (χ3v) is 9.88. The van der Waals surface area contributed by atoms with Gasteiger partial charge in [-0.15, -0.1) is 12.3 Å². The molecule has 0 saturated carbocycles. The van der Waals surface area contributed by atoms with Gasteiger partial charge < -0.3 is 4.43 Å². The van der Waals surface area contributed by atoms with Crippen molar-refractivity contribution in [2.75, 3.05) is 0 Å². The fourth-order valence-corrected chi connectivity index (χ4v) is 4.23. The van der Waals surface area contributed by atoms with Crippen molar-refractivity contribution in [2.24, 2.45) is 5.92 Å². The van der Waals surface area contributed by atoms with Gasteiger partial charge in [0.15, 0.2) is 8.32 Å². The van der Waals surface area contributed by atoms with Gasteiger partial charge in [0.1, 0.15) is 0 Å². The topological polar surface area (TPSA) is 9.23 Å². The first-order valence-corrected chi connectivity index (χ1v) is 13.1. The average Bonchev–Trinajstić information content (AvgIpc) is 2.43. The molecule has 0 fully saturated rings. The second-order valence-electron chi connectivity index (χ2n) is 9.35. The Hall–Kier alpha value is -0.263. The second kappa shape index (κ2) is 12.1. The molecule has 0 aliphatic carbocycles. The Morgan fingerprint density at radius 2 is 1.42 bits per heavy atom. The molecule has 2 heteroatoms. The Labute approximate surface area is 154 Å². The lowest BCUT2D eigenvalue weighted by molar-refractivity contribution is 0.143. The zero-order chi connectivity index (χ0) is 18.6. The van der Waals surface area contributed by atoms with Crippen LogP contribution in [0.15, 0.2) is 0 Å². The predicted molar refractivity (Wildman–Crippen MR) is 112 cm³/mol. The van der Waals surface area contributed by atoms with Crippen molar-refractivity contribution in [3.8, 4) is 12.3 Å². The molecule has 0 unspecified atom stereocenters. The van der Waals surface area contributed by atoms with Gasteiger partial charge in [-0.2, -0.15) is 0 Å². The molecule has 0 spiro atoms.